The number of fused-ring (bicyclic) bond motifs is 6. The van der Waals surface area contributed by atoms with Gasteiger partial charge in [0.1, 0.15) is 12.1 Å². The molecule has 0 radical (unpaired) electrons. The van der Waals surface area contributed by atoms with Gasteiger partial charge in [-0.25, -0.2) is 4.98 Å². The maximum absolute atomic E-state index is 11.0. The zero-order valence-corrected chi connectivity index (χ0v) is 33.2. The quantitative estimate of drug-likeness (QED) is 0.168. The molecular weight excluding hydrogens is 757 g/mol. The lowest BCUT2D eigenvalue weighted by Crippen LogP contribution is -2.02. The van der Waals surface area contributed by atoms with Crippen molar-refractivity contribution in [3.63, 3.8) is 0 Å². The van der Waals surface area contributed by atoms with E-state index in [1.54, 1.807) is 0 Å². The highest BCUT2D eigenvalue weighted by molar-refractivity contribution is 6.22. The SMILES string of the molecule is N#Cc1cc(-c2nc(-c3ccccc3)c(C#N)c(-c3ccccc3)c2C#N)ccc1-c1cccc2c1c1cc3c(cc1n2-c1ccccc1)c1ccccc1n3-c1ccccc1. The van der Waals surface area contributed by atoms with Gasteiger partial charge in [-0.15, -0.1) is 0 Å². The highest BCUT2D eigenvalue weighted by Crippen LogP contribution is 2.45. The number of para-hydroxylation sites is 3. The molecule has 0 fully saturated rings. The molecule has 0 saturated heterocycles. The molecule has 6 nitrogen and oxygen atoms in total. The number of pyridine rings is 1. The summed E-state index contributed by atoms with van der Waals surface area (Å²) in [5, 5.41) is 36.8. The van der Waals surface area contributed by atoms with Crippen LogP contribution in [0, 0.1) is 34.0 Å². The number of aromatic nitrogens is 3. The second kappa shape index (κ2) is 14.7. The van der Waals surface area contributed by atoms with Crippen LogP contribution in [0.4, 0.5) is 0 Å². The zero-order valence-electron chi connectivity index (χ0n) is 33.2. The molecule has 0 atom stereocenters. The molecule has 0 aliphatic carbocycles. The predicted molar refractivity (Wildman–Crippen MR) is 249 cm³/mol. The van der Waals surface area contributed by atoms with E-state index in [4.69, 9.17) is 4.98 Å². The van der Waals surface area contributed by atoms with Gasteiger partial charge in [-0.05, 0) is 65.7 Å². The molecule has 0 saturated carbocycles. The highest BCUT2D eigenvalue weighted by Gasteiger charge is 2.25. The molecule has 286 valence electrons. The molecule has 0 N–H and O–H groups in total. The number of hydrogen-bond donors (Lipinski definition) is 0. The minimum atomic E-state index is 0.273. The molecule has 11 aromatic rings. The molecule has 11 rings (SSSR count). The van der Waals surface area contributed by atoms with E-state index in [1.807, 2.05) is 91.0 Å². The summed E-state index contributed by atoms with van der Waals surface area (Å²) in [6, 6.07) is 72.4. The van der Waals surface area contributed by atoms with Crippen LogP contribution in [0.5, 0.6) is 0 Å². The normalized spacial score (nSPS) is 11.2. The van der Waals surface area contributed by atoms with E-state index in [-0.39, 0.29) is 5.56 Å². The largest absolute Gasteiger partial charge is 0.309 e. The first kappa shape index (κ1) is 36.1. The van der Waals surface area contributed by atoms with Crippen LogP contribution in [-0.4, -0.2) is 14.1 Å². The fourth-order valence-electron chi connectivity index (χ4n) is 9.19. The van der Waals surface area contributed by atoms with Crippen molar-refractivity contribution < 1.29 is 0 Å². The van der Waals surface area contributed by atoms with Gasteiger partial charge in [0.2, 0.25) is 0 Å². The number of rotatable bonds is 6. The Morgan fingerprint density at radius 1 is 0.371 bits per heavy atom. The van der Waals surface area contributed by atoms with E-state index in [1.165, 1.54) is 5.39 Å². The second-order valence-corrected chi connectivity index (χ2v) is 15.2. The Kier molecular flexibility index (Phi) is 8.54. The van der Waals surface area contributed by atoms with Crippen molar-refractivity contribution in [1.29, 1.82) is 15.8 Å². The van der Waals surface area contributed by atoms with Crippen LogP contribution in [0.15, 0.2) is 194 Å². The number of nitriles is 3. The van der Waals surface area contributed by atoms with Crippen molar-refractivity contribution in [3.05, 3.63) is 211 Å². The summed E-state index contributed by atoms with van der Waals surface area (Å²) in [5.41, 5.74) is 12.6. The van der Waals surface area contributed by atoms with Gasteiger partial charge in [0, 0.05) is 55.2 Å². The molecule has 62 heavy (non-hydrogen) atoms. The first-order valence-electron chi connectivity index (χ1n) is 20.3. The molecule has 3 heterocycles. The summed E-state index contributed by atoms with van der Waals surface area (Å²) in [4.78, 5) is 5.07. The van der Waals surface area contributed by atoms with Gasteiger partial charge >= 0.3 is 0 Å². The van der Waals surface area contributed by atoms with Crippen molar-refractivity contribution >= 4 is 43.6 Å². The van der Waals surface area contributed by atoms with Crippen LogP contribution >= 0.6 is 0 Å². The van der Waals surface area contributed by atoms with E-state index >= 15 is 0 Å². The van der Waals surface area contributed by atoms with Crippen LogP contribution in [0.3, 0.4) is 0 Å². The molecule has 0 aliphatic rings. The van der Waals surface area contributed by atoms with Crippen LogP contribution in [0.25, 0.3) is 99.8 Å². The van der Waals surface area contributed by atoms with Gasteiger partial charge in [0.25, 0.3) is 0 Å². The highest BCUT2D eigenvalue weighted by atomic mass is 15.0. The maximum Gasteiger partial charge on any atom is 0.102 e. The van der Waals surface area contributed by atoms with Crippen molar-refractivity contribution in [2.24, 2.45) is 0 Å². The maximum atomic E-state index is 11.0. The van der Waals surface area contributed by atoms with Crippen molar-refractivity contribution in [2.75, 3.05) is 0 Å². The Labute approximate surface area is 357 Å². The first-order valence-corrected chi connectivity index (χ1v) is 20.3. The predicted octanol–water partition coefficient (Wildman–Crippen LogP) is 13.6. The van der Waals surface area contributed by atoms with Gasteiger partial charge in [-0.3, -0.25) is 0 Å². The summed E-state index contributed by atoms with van der Waals surface area (Å²) in [6.07, 6.45) is 0. The molecule has 0 aliphatic heterocycles. The van der Waals surface area contributed by atoms with E-state index < -0.39 is 0 Å². The lowest BCUT2D eigenvalue weighted by Gasteiger charge is -2.16. The summed E-state index contributed by atoms with van der Waals surface area (Å²) < 4.78 is 4.65. The monoisotopic (exact) mass is 788 g/mol. The van der Waals surface area contributed by atoms with Crippen LogP contribution in [-0.2, 0) is 0 Å². The first-order chi connectivity index (χ1) is 30.7. The molecule has 0 amide bonds. The van der Waals surface area contributed by atoms with Crippen molar-refractivity contribution in [3.8, 4) is 74.4 Å². The van der Waals surface area contributed by atoms with Crippen molar-refractivity contribution in [2.45, 2.75) is 0 Å². The molecule has 8 aromatic carbocycles. The van der Waals surface area contributed by atoms with Crippen molar-refractivity contribution in [1.82, 2.24) is 14.1 Å². The smallest absolute Gasteiger partial charge is 0.102 e. The van der Waals surface area contributed by atoms with Gasteiger partial charge in [-0.1, -0.05) is 140 Å². The average molecular weight is 789 g/mol. The molecule has 3 aromatic heterocycles. The Morgan fingerprint density at radius 2 is 0.903 bits per heavy atom. The Morgan fingerprint density at radius 3 is 1.55 bits per heavy atom. The minimum Gasteiger partial charge on any atom is -0.309 e. The molecule has 0 spiro atoms. The summed E-state index contributed by atoms with van der Waals surface area (Å²) in [5.74, 6) is 0. The van der Waals surface area contributed by atoms with E-state index in [2.05, 4.69) is 130 Å². The third-order valence-electron chi connectivity index (χ3n) is 11.8. The topological polar surface area (TPSA) is 94.1 Å². The van der Waals surface area contributed by atoms with Crippen LogP contribution < -0.4 is 0 Å². The van der Waals surface area contributed by atoms with Gasteiger partial charge in [-0.2, -0.15) is 15.8 Å². The molecule has 0 bridgehead atoms. The average Bonchev–Trinajstić information content (AvgIpc) is 3.85. The Bertz CT molecular complexity index is 3690. The number of nitrogens with zero attached hydrogens (tertiary/aromatic N) is 6. The summed E-state index contributed by atoms with van der Waals surface area (Å²) in [6.45, 7) is 0. The van der Waals surface area contributed by atoms with Gasteiger partial charge in [0.15, 0.2) is 0 Å². The number of hydrogen-bond acceptors (Lipinski definition) is 4. The summed E-state index contributed by atoms with van der Waals surface area (Å²) >= 11 is 0. The molecule has 0 unspecified atom stereocenters. The zero-order chi connectivity index (χ0) is 41.7. The Balaban J connectivity index is 1.19. The van der Waals surface area contributed by atoms with Gasteiger partial charge in [0.05, 0.1) is 56.2 Å². The van der Waals surface area contributed by atoms with E-state index in [9.17, 15) is 15.8 Å². The van der Waals surface area contributed by atoms with Crippen LogP contribution in [0.1, 0.15) is 16.7 Å². The summed E-state index contributed by atoms with van der Waals surface area (Å²) in [7, 11) is 0. The molecule has 6 heteroatoms. The third kappa shape index (κ3) is 5.59. The molecular formula is C56H32N6. The van der Waals surface area contributed by atoms with Gasteiger partial charge < -0.3 is 9.13 Å². The second-order valence-electron chi connectivity index (χ2n) is 15.2. The Hall–Kier alpha value is -9.02. The van der Waals surface area contributed by atoms with Crippen LogP contribution in [0.2, 0.25) is 0 Å². The third-order valence-corrected chi connectivity index (χ3v) is 11.8. The standard InChI is InChI=1S/C56H32N6/c57-33-39-30-38(56-48(35-59)53(36-16-5-1-6-17-36)47(34-58)55(60-56)37-18-7-2-8-19-37)28-29-42(39)44-25-15-27-50-54(44)46-32-51-45(31-52(46)62(50)41-22-11-4-12-23-41)43-24-13-14-26-49(43)61(51)40-20-9-3-10-21-40/h1-32H. The van der Waals surface area contributed by atoms with E-state index in [0.29, 0.717) is 33.6 Å². The number of benzene rings is 8. The fourth-order valence-corrected chi connectivity index (χ4v) is 9.19. The fraction of sp³-hybridized carbons (Fsp3) is 0. The lowest BCUT2D eigenvalue weighted by molar-refractivity contribution is 1.17. The van der Waals surface area contributed by atoms with E-state index in [0.717, 1.165) is 71.9 Å². The lowest BCUT2D eigenvalue weighted by atomic mass is 9.88. The minimum absolute atomic E-state index is 0.273.